The highest BCUT2D eigenvalue weighted by Crippen LogP contribution is 2.13. The second-order valence-electron chi connectivity index (χ2n) is 4.84. The van der Waals surface area contributed by atoms with Crippen molar-refractivity contribution in [1.82, 2.24) is 5.32 Å². The van der Waals surface area contributed by atoms with Gasteiger partial charge in [0.15, 0.2) is 0 Å². The van der Waals surface area contributed by atoms with E-state index in [9.17, 15) is 4.79 Å². The van der Waals surface area contributed by atoms with Crippen molar-refractivity contribution in [3.63, 3.8) is 0 Å². The van der Waals surface area contributed by atoms with E-state index in [0.29, 0.717) is 18.3 Å². The van der Waals surface area contributed by atoms with Gasteiger partial charge >= 0.3 is 0 Å². The molecule has 3 heteroatoms. The monoisotopic (exact) mass is 239 g/mol. The predicted octanol–water partition coefficient (Wildman–Crippen LogP) is 3.09. The van der Waals surface area contributed by atoms with E-state index >= 15 is 0 Å². The Hall–Kier alpha value is -0.830. The molecule has 90 valence electrons. The van der Waals surface area contributed by atoms with Gasteiger partial charge in [0, 0.05) is 10.9 Å². The number of amides is 1. The first-order chi connectivity index (χ1) is 7.50. The zero-order chi connectivity index (χ0) is 12.1. The van der Waals surface area contributed by atoms with Crippen LogP contribution >= 0.6 is 11.3 Å². The van der Waals surface area contributed by atoms with Crippen LogP contribution in [-0.4, -0.2) is 11.9 Å². The summed E-state index contributed by atoms with van der Waals surface area (Å²) < 4.78 is 0. The fourth-order valence-corrected chi connectivity index (χ4v) is 2.61. The maximum atomic E-state index is 11.8. The number of thiophene rings is 1. The van der Waals surface area contributed by atoms with Crippen LogP contribution in [0.25, 0.3) is 0 Å². The molecule has 0 spiro atoms. The van der Waals surface area contributed by atoms with Gasteiger partial charge in [-0.2, -0.15) is 0 Å². The highest BCUT2D eigenvalue weighted by Gasteiger charge is 2.19. The van der Waals surface area contributed by atoms with Gasteiger partial charge in [0.2, 0.25) is 5.91 Å². The van der Waals surface area contributed by atoms with Gasteiger partial charge in [0.05, 0.1) is 6.42 Å². The first kappa shape index (κ1) is 13.2. The van der Waals surface area contributed by atoms with Crippen LogP contribution in [0.4, 0.5) is 0 Å². The molecule has 0 saturated carbocycles. The predicted molar refractivity (Wildman–Crippen MR) is 69.6 cm³/mol. The molecule has 0 bridgehead atoms. The Balaban J connectivity index is 2.49. The van der Waals surface area contributed by atoms with Crippen molar-refractivity contribution in [1.29, 1.82) is 0 Å². The quantitative estimate of drug-likeness (QED) is 0.840. The summed E-state index contributed by atoms with van der Waals surface area (Å²) in [7, 11) is 0. The Morgan fingerprint density at radius 3 is 2.38 bits per heavy atom. The van der Waals surface area contributed by atoms with E-state index in [-0.39, 0.29) is 11.9 Å². The molecule has 1 aromatic heterocycles. The van der Waals surface area contributed by atoms with E-state index in [1.807, 2.05) is 17.5 Å². The van der Waals surface area contributed by atoms with Crippen molar-refractivity contribution in [2.45, 2.75) is 40.2 Å². The fraction of sp³-hybridized carbons (Fsp3) is 0.615. The molecular formula is C13H21NOS. The lowest BCUT2D eigenvalue weighted by Crippen LogP contribution is -2.42. The lowest BCUT2D eigenvalue weighted by Gasteiger charge is -2.26. The molecule has 2 nitrogen and oxygen atoms in total. The molecule has 0 saturated heterocycles. The summed E-state index contributed by atoms with van der Waals surface area (Å²) in [6, 6.07) is 4.26. The highest BCUT2D eigenvalue weighted by atomic mass is 32.1. The highest BCUT2D eigenvalue weighted by molar-refractivity contribution is 7.10. The smallest absolute Gasteiger partial charge is 0.225 e. The van der Waals surface area contributed by atoms with E-state index in [1.54, 1.807) is 11.3 Å². The van der Waals surface area contributed by atoms with Crippen LogP contribution < -0.4 is 5.32 Å². The molecule has 1 aromatic rings. The molecule has 0 aliphatic carbocycles. The van der Waals surface area contributed by atoms with Gasteiger partial charge in [-0.05, 0) is 23.3 Å². The van der Waals surface area contributed by atoms with E-state index in [4.69, 9.17) is 0 Å². The lowest BCUT2D eigenvalue weighted by atomic mass is 9.93. The van der Waals surface area contributed by atoms with E-state index in [1.165, 1.54) is 0 Å². The largest absolute Gasteiger partial charge is 0.353 e. The number of rotatable bonds is 5. The Bertz CT molecular complexity index is 309. The van der Waals surface area contributed by atoms with Crippen molar-refractivity contribution in [2.75, 3.05) is 0 Å². The summed E-state index contributed by atoms with van der Waals surface area (Å²) >= 11 is 1.63. The Morgan fingerprint density at radius 1 is 1.31 bits per heavy atom. The third-order valence-electron chi connectivity index (χ3n) is 2.68. The molecule has 16 heavy (non-hydrogen) atoms. The average Bonchev–Trinajstić information content (AvgIpc) is 2.65. The first-order valence-corrected chi connectivity index (χ1v) is 6.70. The molecule has 0 aliphatic rings. The van der Waals surface area contributed by atoms with Crippen LogP contribution in [0.3, 0.4) is 0 Å². The minimum Gasteiger partial charge on any atom is -0.353 e. The van der Waals surface area contributed by atoms with Crippen molar-refractivity contribution in [2.24, 2.45) is 11.8 Å². The van der Waals surface area contributed by atoms with E-state index < -0.39 is 0 Å². The van der Waals surface area contributed by atoms with Crippen molar-refractivity contribution in [3.05, 3.63) is 22.4 Å². The normalized spacial score (nSPS) is 11.4. The van der Waals surface area contributed by atoms with Gasteiger partial charge in [0.25, 0.3) is 0 Å². The fourth-order valence-electron chi connectivity index (χ4n) is 1.91. The topological polar surface area (TPSA) is 29.1 Å². The first-order valence-electron chi connectivity index (χ1n) is 5.82. The number of nitrogens with one attached hydrogen (secondary N) is 1. The van der Waals surface area contributed by atoms with Gasteiger partial charge in [0.1, 0.15) is 0 Å². The van der Waals surface area contributed by atoms with Gasteiger partial charge < -0.3 is 5.32 Å². The molecule has 1 rings (SSSR count). The third kappa shape index (κ3) is 3.97. The minimum absolute atomic E-state index is 0.134. The maximum Gasteiger partial charge on any atom is 0.225 e. The number of carbonyl (C=O) groups excluding carboxylic acids is 1. The molecule has 0 unspecified atom stereocenters. The van der Waals surface area contributed by atoms with Gasteiger partial charge in [-0.3, -0.25) is 4.79 Å². The Morgan fingerprint density at radius 2 is 1.94 bits per heavy atom. The molecule has 0 fully saturated rings. The summed E-state index contributed by atoms with van der Waals surface area (Å²) in [6.07, 6.45) is 0.508. The number of hydrogen-bond acceptors (Lipinski definition) is 2. The maximum absolute atomic E-state index is 11.8. The minimum atomic E-state index is 0.134. The summed E-state index contributed by atoms with van der Waals surface area (Å²) in [4.78, 5) is 13.0. The van der Waals surface area contributed by atoms with Crippen LogP contribution in [0.2, 0.25) is 0 Å². The molecule has 0 aromatic carbocycles. The van der Waals surface area contributed by atoms with Crippen molar-refractivity contribution < 1.29 is 4.79 Å². The Kier molecular flexibility index (Phi) is 5.00. The standard InChI is InChI=1S/C13H21NOS/c1-9(2)13(10(3)4)14-12(15)8-11-6-5-7-16-11/h5-7,9-10,13H,8H2,1-4H3,(H,14,15). The van der Waals surface area contributed by atoms with Crippen LogP contribution in [-0.2, 0) is 11.2 Å². The number of carbonyl (C=O) groups is 1. The van der Waals surface area contributed by atoms with E-state index in [0.717, 1.165) is 4.88 Å². The molecule has 1 amide bonds. The van der Waals surface area contributed by atoms with Crippen LogP contribution in [0.1, 0.15) is 32.6 Å². The van der Waals surface area contributed by atoms with Crippen LogP contribution in [0.15, 0.2) is 17.5 Å². The third-order valence-corrected chi connectivity index (χ3v) is 3.56. The van der Waals surface area contributed by atoms with Gasteiger partial charge in [-0.25, -0.2) is 0 Å². The van der Waals surface area contributed by atoms with Crippen molar-refractivity contribution >= 4 is 17.2 Å². The Labute approximate surface area is 102 Å². The summed E-state index contributed by atoms with van der Waals surface area (Å²) in [5.74, 6) is 1.09. The van der Waals surface area contributed by atoms with E-state index in [2.05, 4.69) is 33.0 Å². The molecule has 1 heterocycles. The molecule has 1 N–H and O–H groups in total. The van der Waals surface area contributed by atoms with Crippen molar-refractivity contribution in [3.8, 4) is 0 Å². The van der Waals surface area contributed by atoms with Crippen LogP contribution in [0, 0.1) is 11.8 Å². The van der Waals surface area contributed by atoms with Crippen LogP contribution in [0.5, 0.6) is 0 Å². The second kappa shape index (κ2) is 6.04. The molecule has 0 radical (unpaired) electrons. The number of hydrogen-bond donors (Lipinski definition) is 1. The molecule has 0 atom stereocenters. The zero-order valence-corrected chi connectivity index (χ0v) is 11.3. The van der Waals surface area contributed by atoms with Gasteiger partial charge in [-0.15, -0.1) is 11.3 Å². The molecular weight excluding hydrogens is 218 g/mol. The lowest BCUT2D eigenvalue weighted by molar-refractivity contribution is -0.121. The summed E-state index contributed by atoms with van der Waals surface area (Å²) in [6.45, 7) is 8.60. The second-order valence-corrected chi connectivity index (χ2v) is 5.87. The SMILES string of the molecule is CC(C)C(NC(=O)Cc1cccs1)C(C)C. The molecule has 0 aliphatic heterocycles. The van der Waals surface area contributed by atoms with Gasteiger partial charge in [-0.1, -0.05) is 33.8 Å². The zero-order valence-electron chi connectivity index (χ0n) is 10.5. The summed E-state index contributed by atoms with van der Waals surface area (Å²) in [5, 5.41) is 5.13. The summed E-state index contributed by atoms with van der Waals surface area (Å²) in [5.41, 5.74) is 0. The average molecular weight is 239 g/mol.